The van der Waals surface area contributed by atoms with Crippen LogP contribution in [0, 0.1) is 5.82 Å². The molecule has 8 heteroatoms. The predicted octanol–water partition coefficient (Wildman–Crippen LogP) is 3.16. The summed E-state index contributed by atoms with van der Waals surface area (Å²) >= 11 is 1.59. The highest BCUT2D eigenvalue weighted by atomic mass is 32.2. The Morgan fingerprint density at radius 3 is 2.41 bits per heavy atom. The zero-order valence-corrected chi connectivity index (χ0v) is 16.6. The SMILES string of the molecule is COCCS(=O)(=O)c1ccc(C(=O)NCCCSc2ccc(F)cc2)cc1. The number of rotatable bonds is 10. The Labute approximate surface area is 163 Å². The third kappa shape index (κ3) is 6.97. The zero-order valence-electron chi connectivity index (χ0n) is 15.0. The summed E-state index contributed by atoms with van der Waals surface area (Å²) in [6.07, 6.45) is 0.761. The van der Waals surface area contributed by atoms with E-state index in [1.54, 1.807) is 23.9 Å². The molecule has 2 rings (SSSR count). The molecule has 0 unspecified atom stereocenters. The molecule has 1 N–H and O–H groups in total. The van der Waals surface area contributed by atoms with Gasteiger partial charge < -0.3 is 10.1 Å². The number of sulfone groups is 1. The molecule has 0 heterocycles. The number of amides is 1. The number of halogens is 1. The lowest BCUT2D eigenvalue weighted by molar-refractivity contribution is 0.0953. The number of carbonyl (C=O) groups is 1. The predicted molar refractivity (Wildman–Crippen MR) is 104 cm³/mol. The monoisotopic (exact) mass is 411 g/mol. The maximum absolute atomic E-state index is 12.8. The third-order valence-electron chi connectivity index (χ3n) is 3.72. The van der Waals surface area contributed by atoms with E-state index in [0.29, 0.717) is 12.1 Å². The van der Waals surface area contributed by atoms with Gasteiger partial charge in [-0.2, -0.15) is 0 Å². The van der Waals surface area contributed by atoms with Crippen LogP contribution in [0.15, 0.2) is 58.3 Å². The standard InChI is InChI=1S/C19H22FNO4S2/c1-25-12-14-27(23,24)18-9-3-15(4-10-18)19(22)21-11-2-13-26-17-7-5-16(20)6-8-17/h3-10H,2,11-14H2,1H3,(H,21,22). The van der Waals surface area contributed by atoms with Gasteiger partial charge in [0, 0.05) is 24.1 Å². The maximum atomic E-state index is 12.8. The second-order valence-corrected chi connectivity index (χ2v) is 9.03. The van der Waals surface area contributed by atoms with Gasteiger partial charge in [-0.05, 0) is 60.7 Å². The highest BCUT2D eigenvalue weighted by Crippen LogP contribution is 2.18. The molecule has 0 aliphatic rings. The van der Waals surface area contributed by atoms with Crippen molar-refractivity contribution in [3.05, 3.63) is 59.9 Å². The van der Waals surface area contributed by atoms with Crippen molar-refractivity contribution < 1.29 is 22.3 Å². The Bertz CT molecular complexity index is 837. The topological polar surface area (TPSA) is 72.5 Å². The summed E-state index contributed by atoms with van der Waals surface area (Å²) in [5.41, 5.74) is 0.409. The molecule has 5 nitrogen and oxygen atoms in total. The van der Waals surface area contributed by atoms with Gasteiger partial charge >= 0.3 is 0 Å². The van der Waals surface area contributed by atoms with Crippen molar-refractivity contribution in [2.24, 2.45) is 0 Å². The molecule has 146 valence electrons. The van der Waals surface area contributed by atoms with Crippen molar-refractivity contribution in [3.8, 4) is 0 Å². The van der Waals surface area contributed by atoms with Crippen LogP contribution < -0.4 is 5.32 Å². The molecule has 2 aromatic rings. The number of methoxy groups -OCH3 is 1. The lowest BCUT2D eigenvalue weighted by Gasteiger charge is -2.07. The summed E-state index contributed by atoms with van der Waals surface area (Å²) in [7, 11) is -1.96. The molecule has 27 heavy (non-hydrogen) atoms. The number of hydrogen-bond donors (Lipinski definition) is 1. The van der Waals surface area contributed by atoms with E-state index in [0.717, 1.165) is 17.1 Å². The van der Waals surface area contributed by atoms with Crippen LogP contribution in [0.4, 0.5) is 4.39 Å². The fourth-order valence-electron chi connectivity index (χ4n) is 2.22. The largest absolute Gasteiger partial charge is 0.384 e. The van der Waals surface area contributed by atoms with Crippen LogP contribution >= 0.6 is 11.8 Å². The van der Waals surface area contributed by atoms with Crippen molar-refractivity contribution in [1.82, 2.24) is 5.32 Å². The molecule has 0 saturated carbocycles. The normalized spacial score (nSPS) is 11.3. The van der Waals surface area contributed by atoms with Gasteiger partial charge in [0.15, 0.2) is 9.84 Å². The highest BCUT2D eigenvalue weighted by Gasteiger charge is 2.15. The molecule has 1 amide bonds. The van der Waals surface area contributed by atoms with Crippen molar-refractivity contribution >= 4 is 27.5 Å². The van der Waals surface area contributed by atoms with Crippen LogP contribution in [-0.4, -0.2) is 46.1 Å². The molecule has 0 aromatic heterocycles. The first-order valence-corrected chi connectivity index (χ1v) is 11.0. The lowest BCUT2D eigenvalue weighted by Crippen LogP contribution is -2.24. The summed E-state index contributed by atoms with van der Waals surface area (Å²) in [4.78, 5) is 13.3. The quantitative estimate of drug-likeness (QED) is 0.480. The Hall–Kier alpha value is -1.90. The van der Waals surface area contributed by atoms with E-state index in [-0.39, 0.29) is 29.0 Å². The van der Waals surface area contributed by atoms with Crippen LogP contribution in [0.1, 0.15) is 16.8 Å². The van der Waals surface area contributed by atoms with Crippen molar-refractivity contribution in [3.63, 3.8) is 0 Å². The fourth-order valence-corrected chi connectivity index (χ4v) is 4.25. The Kier molecular flexibility index (Phi) is 8.27. The van der Waals surface area contributed by atoms with Gasteiger partial charge in [-0.1, -0.05) is 0 Å². The number of benzene rings is 2. The minimum Gasteiger partial charge on any atom is -0.384 e. The van der Waals surface area contributed by atoms with Gasteiger partial charge in [0.2, 0.25) is 0 Å². The smallest absolute Gasteiger partial charge is 0.251 e. The molecular formula is C19H22FNO4S2. The van der Waals surface area contributed by atoms with Gasteiger partial charge in [-0.15, -0.1) is 11.8 Å². The van der Waals surface area contributed by atoms with Gasteiger partial charge in [0.25, 0.3) is 5.91 Å². The van der Waals surface area contributed by atoms with E-state index in [9.17, 15) is 17.6 Å². The van der Waals surface area contributed by atoms with Crippen LogP contribution in [0.5, 0.6) is 0 Å². The van der Waals surface area contributed by atoms with E-state index in [2.05, 4.69) is 5.32 Å². The van der Waals surface area contributed by atoms with Gasteiger partial charge in [0.05, 0.1) is 17.3 Å². The van der Waals surface area contributed by atoms with E-state index in [1.165, 1.54) is 43.5 Å². The second-order valence-electron chi connectivity index (χ2n) is 5.75. The molecule has 0 bridgehead atoms. The highest BCUT2D eigenvalue weighted by molar-refractivity contribution is 7.99. The second kappa shape index (κ2) is 10.4. The van der Waals surface area contributed by atoms with Crippen LogP contribution in [0.25, 0.3) is 0 Å². The van der Waals surface area contributed by atoms with Crippen molar-refractivity contribution in [2.75, 3.05) is 31.8 Å². The fraction of sp³-hybridized carbons (Fsp3) is 0.316. The number of ether oxygens (including phenoxy) is 1. The summed E-state index contributed by atoms with van der Waals surface area (Å²) in [6, 6.07) is 12.2. The molecule has 2 aromatic carbocycles. The molecule has 0 aliphatic carbocycles. The van der Waals surface area contributed by atoms with E-state index in [1.807, 2.05) is 0 Å². The minimum absolute atomic E-state index is 0.0965. The van der Waals surface area contributed by atoms with Gasteiger partial charge in [-0.3, -0.25) is 4.79 Å². The summed E-state index contributed by atoms with van der Waals surface area (Å²) < 4.78 is 41.7. The van der Waals surface area contributed by atoms with E-state index >= 15 is 0 Å². The first kappa shape index (κ1) is 21.4. The molecule has 0 fully saturated rings. The van der Waals surface area contributed by atoms with E-state index in [4.69, 9.17) is 4.74 Å². The number of thioether (sulfide) groups is 1. The molecule has 0 atom stereocenters. The number of carbonyl (C=O) groups excluding carboxylic acids is 1. The third-order valence-corrected chi connectivity index (χ3v) is 6.51. The summed E-state index contributed by atoms with van der Waals surface area (Å²) in [5.74, 6) is 0.190. The average Bonchev–Trinajstić information content (AvgIpc) is 2.67. The molecule has 0 radical (unpaired) electrons. The Morgan fingerprint density at radius 1 is 1.11 bits per heavy atom. The van der Waals surface area contributed by atoms with Crippen molar-refractivity contribution in [2.45, 2.75) is 16.2 Å². The maximum Gasteiger partial charge on any atom is 0.251 e. The Balaban J connectivity index is 1.76. The van der Waals surface area contributed by atoms with Gasteiger partial charge in [-0.25, -0.2) is 12.8 Å². The first-order chi connectivity index (χ1) is 12.9. The minimum atomic E-state index is -3.40. The zero-order chi connectivity index (χ0) is 19.7. The van der Waals surface area contributed by atoms with Crippen molar-refractivity contribution in [1.29, 1.82) is 0 Å². The van der Waals surface area contributed by atoms with Crippen LogP contribution in [0.2, 0.25) is 0 Å². The molecule has 0 aliphatic heterocycles. The molecular weight excluding hydrogens is 389 g/mol. The average molecular weight is 412 g/mol. The van der Waals surface area contributed by atoms with Crippen LogP contribution in [0.3, 0.4) is 0 Å². The number of nitrogens with one attached hydrogen (secondary N) is 1. The number of hydrogen-bond acceptors (Lipinski definition) is 5. The molecule has 0 saturated heterocycles. The van der Waals surface area contributed by atoms with Gasteiger partial charge in [0.1, 0.15) is 5.82 Å². The first-order valence-electron chi connectivity index (χ1n) is 8.41. The molecule has 0 spiro atoms. The summed E-state index contributed by atoms with van der Waals surface area (Å²) in [6.45, 7) is 0.626. The van der Waals surface area contributed by atoms with Crippen LogP contribution in [-0.2, 0) is 14.6 Å². The lowest BCUT2D eigenvalue weighted by atomic mass is 10.2. The summed E-state index contributed by atoms with van der Waals surface area (Å²) in [5, 5.41) is 2.81. The Morgan fingerprint density at radius 2 is 1.78 bits per heavy atom. The van der Waals surface area contributed by atoms with E-state index < -0.39 is 9.84 Å².